The molecule has 156 valence electrons. The number of para-hydroxylation sites is 2. The minimum Gasteiger partial charge on any atom is -0.496 e. The van der Waals surface area contributed by atoms with Gasteiger partial charge in [-0.25, -0.2) is 4.68 Å². The number of methoxy groups -OCH3 is 1. The molecular weight excluding hydrogens is 386 g/mol. The van der Waals surface area contributed by atoms with Crippen LogP contribution in [0.1, 0.15) is 27.0 Å². The highest BCUT2D eigenvalue weighted by Crippen LogP contribution is 2.26. The van der Waals surface area contributed by atoms with Crippen molar-refractivity contribution in [3.8, 4) is 22.7 Å². The molecule has 0 unspecified atom stereocenters. The van der Waals surface area contributed by atoms with E-state index in [4.69, 9.17) is 9.84 Å². The van der Waals surface area contributed by atoms with Crippen molar-refractivity contribution >= 4 is 5.91 Å². The number of aromatic nitrogens is 2. The third-order valence-corrected chi connectivity index (χ3v) is 5.39. The molecule has 0 radical (unpaired) electrons. The number of carbonyl (C=O) groups excluding carboxylic acids is 1. The number of hydrogen-bond donors (Lipinski definition) is 1. The average molecular weight is 412 g/mol. The van der Waals surface area contributed by atoms with Gasteiger partial charge in [0, 0.05) is 23.9 Å². The Labute approximate surface area is 182 Å². The van der Waals surface area contributed by atoms with Gasteiger partial charge in [-0.2, -0.15) is 5.10 Å². The molecule has 0 aliphatic heterocycles. The van der Waals surface area contributed by atoms with E-state index in [2.05, 4.69) is 31.3 Å². The van der Waals surface area contributed by atoms with Gasteiger partial charge in [-0.1, -0.05) is 48.5 Å². The Hall–Kier alpha value is -3.86. The van der Waals surface area contributed by atoms with Gasteiger partial charge < -0.3 is 10.1 Å². The molecule has 31 heavy (non-hydrogen) atoms. The number of nitrogens with zero attached hydrogens (tertiary/aromatic N) is 2. The maximum Gasteiger partial charge on any atom is 0.255 e. The first kappa shape index (κ1) is 20.4. The Kier molecular flexibility index (Phi) is 5.85. The predicted octanol–water partition coefficient (Wildman–Crippen LogP) is 5.09. The van der Waals surface area contributed by atoms with E-state index in [1.807, 2.05) is 60.7 Å². The number of amides is 1. The molecule has 0 aliphatic carbocycles. The van der Waals surface area contributed by atoms with Crippen LogP contribution in [0, 0.1) is 13.8 Å². The zero-order chi connectivity index (χ0) is 21.8. The lowest BCUT2D eigenvalue weighted by atomic mass is 10.0. The van der Waals surface area contributed by atoms with E-state index >= 15 is 0 Å². The summed E-state index contributed by atoms with van der Waals surface area (Å²) in [7, 11) is 1.63. The summed E-state index contributed by atoms with van der Waals surface area (Å²) in [4.78, 5) is 13.2. The van der Waals surface area contributed by atoms with Crippen LogP contribution < -0.4 is 10.1 Å². The molecule has 5 heteroatoms. The SMILES string of the molecule is COc1ccccc1CNC(=O)c1cn(-c2ccccc2)nc1-c1ccc(C)c(C)c1. The summed E-state index contributed by atoms with van der Waals surface area (Å²) in [6.07, 6.45) is 1.79. The van der Waals surface area contributed by atoms with Crippen LogP contribution in [0.15, 0.2) is 79.0 Å². The molecule has 4 aromatic rings. The van der Waals surface area contributed by atoms with Crippen LogP contribution in [0.2, 0.25) is 0 Å². The molecule has 4 rings (SSSR count). The summed E-state index contributed by atoms with van der Waals surface area (Å²) in [5, 5.41) is 7.78. The first-order valence-corrected chi connectivity index (χ1v) is 10.2. The summed E-state index contributed by atoms with van der Waals surface area (Å²) < 4.78 is 7.15. The summed E-state index contributed by atoms with van der Waals surface area (Å²) in [5.41, 5.74) is 6.28. The maximum absolute atomic E-state index is 13.2. The lowest BCUT2D eigenvalue weighted by Crippen LogP contribution is -2.23. The van der Waals surface area contributed by atoms with Crippen molar-refractivity contribution < 1.29 is 9.53 Å². The topological polar surface area (TPSA) is 56.1 Å². The van der Waals surface area contributed by atoms with Gasteiger partial charge in [-0.3, -0.25) is 4.79 Å². The first-order chi connectivity index (χ1) is 15.1. The van der Waals surface area contributed by atoms with Gasteiger partial charge in [0.25, 0.3) is 5.91 Å². The number of rotatable bonds is 6. The number of carbonyl (C=O) groups is 1. The summed E-state index contributed by atoms with van der Waals surface area (Å²) in [6, 6.07) is 23.6. The largest absolute Gasteiger partial charge is 0.496 e. The second-order valence-electron chi connectivity index (χ2n) is 7.47. The van der Waals surface area contributed by atoms with Crippen molar-refractivity contribution in [1.82, 2.24) is 15.1 Å². The lowest BCUT2D eigenvalue weighted by Gasteiger charge is -2.10. The van der Waals surface area contributed by atoms with Crippen LogP contribution in [0.3, 0.4) is 0 Å². The van der Waals surface area contributed by atoms with Crippen molar-refractivity contribution in [2.24, 2.45) is 0 Å². The third-order valence-electron chi connectivity index (χ3n) is 5.39. The van der Waals surface area contributed by atoms with Gasteiger partial charge in [0.1, 0.15) is 11.4 Å². The summed E-state index contributed by atoms with van der Waals surface area (Å²) in [6.45, 7) is 4.50. The second-order valence-corrected chi connectivity index (χ2v) is 7.47. The molecule has 3 aromatic carbocycles. The highest BCUT2D eigenvalue weighted by atomic mass is 16.5. The van der Waals surface area contributed by atoms with Crippen LogP contribution in [-0.2, 0) is 6.54 Å². The number of aryl methyl sites for hydroxylation is 2. The van der Waals surface area contributed by atoms with Crippen molar-refractivity contribution in [1.29, 1.82) is 0 Å². The molecule has 1 aromatic heterocycles. The van der Waals surface area contributed by atoms with E-state index in [0.29, 0.717) is 17.8 Å². The van der Waals surface area contributed by atoms with Gasteiger partial charge in [0.05, 0.1) is 18.4 Å². The Morgan fingerprint density at radius 3 is 2.45 bits per heavy atom. The molecule has 0 atom stereocenters. The van der Waals surface area contributed by atoms with E-state index in [-0.39, 0.29) is 5.91 Å². The van der Waals surface area contributed by atoms with Gasteiger partial charge in [-0.05, 0) is 49.2 Å². The molecule has 1 amide bonds. The molecule has 1 heterocycles. The van der Waals surface area contributed by atoms with Crippen LogP contribution >= 0.6 is 0 Å². The number of nitrogens with one attached hydrogen (secondary N) is 1. The van der Waals surface area contributed by atoms with E-state index in [1.54, 1.807) is 18.0 Å². The quantitative estimate of drug-likeness (QED) is 0.481. The highest BCUT2D eigenvalue weighted by Gasteiger charge is 2.19. The molecule has 0 spiro atoms. The van der Waals surface area contributed by atoms with Gasteiger partial charge in [-0.15, -0.1) is 0 Å². The smallest absolute Gasteiger partial charge is 0.255 e. The number of ether oxygens (including phenoxy) is 1. The zero-order valence-electron chi connectivity index (χ0n) is 17.9. The summed E-state index contributed by atoms with van der Waals surface area (Å²) >= 11 is 0. The van der Waals surface area contributed by atoms with E-state index < -0.39 is 0 Å². The minimum absolute atomic E-state index is 0.179. The third kappa shape index (κ3) is 4.36. The fraction of sp³-hybridized carbons (Fsp3) is 0.154. The molecule has 0 fully saturated rings. The van der Waals surface area contributed by atoms with Gasteiger partial charge in [0.2, 0.25) is 0 Å². The number of benzene rings is 3. The Balaban J connectivity index is 1.70. The van der Waals surface area contributed by atoms with Crippen LogP contribution in [0.25, 0.3) is 16.9 Å². The average Bonchev–Trinajstić information content (AvgIpc) is 3.26. The second kappa shape index (κ2) is 8.88. The first-order valence-electron chi connectivity index (χ1n) is 10.2. The Morgan fingerprint density at radius 1 is 0.968 bits per heavy atom. The van der Waals surface area contributed by atoms with Crippen LogP contribution in [0.4, 0.5) is 0 Å². The number of hydrogen-bond acceptors (Lipinski definition) is 3. The van der Waals surface area contributed by atoms with Gasteiger partial charge >= 0.3 is 0 Å². The summed E-state index contributed by atoms with van der Waals surface area (Å²) in [5.74, 6) is 0.568. The highest BCUT2D eigenvalue weighted by molar-refractivity contribution is 6.00. The normalized spacial score (nSPS) is 10.7. The van der Waals surface area contributed by atoms with Crippen molar-refractivity contribution in [3.05, 3.63) is 101 Å². The lowest BCUT2D eigenvalue weighted by molar-refractivity contribution is 0.0951. The molecule has 5 nitrogen and oxygen atoms in total. The molecule has 0 saturated carbocycles. The van der Waals surface area contributed by atoms with E-state index in [9.17, 15) is 4.79 Å². The van der Waals surface area contributed by atoms with E-state index in [0.717, 1.165) is 28.1 Å². The predicted molar refractivity (Wildman–Crippen MR) is 123 cm³/mol. The molecule has 0 saturated heterocycles. The zero-order valence-corrected chi connectivity index (χ0v) is 17.9. The van der Waals surface area contributed by atoms with Crippen molar-refractivity contribution in [3.63, 3.8) is 0 Å². The van der Waals surface area contributed by atoms with Crippen LogP contribution in [0.5, 0.6) is 5.75 Å². The monoisotopic (exact) mass is 411 g/mol. The minimum atomic E-state index is -0.179. The molecular formula is C26H25N3O2. The van der Waals surface area contributed by atoms with Crippen molar-refractivity contribution in [2.45, 2.75) is 20.4 Å². The van der Waals surface area contributed by atoms with Crippen LogP contribution in [-0.4, -0.2) is 22.8 Å². The molecule has 0 bridgehead atoms. The molecule has 0 aliphatic rings. The van der Waals surface area contributed by atoms with Gasteiger partial charge in [0.15, 0.2) is 0 Å². The molecule has 1 N–H and O–H groups in total. The Bertz CT molecular complexity index is 1210. The van der Waals surface area contributed by atoms with Crippen molar-refractivity contribution in [2.75, 3.05) is 7.11 Å². The van der Waals surface area contributed by atoms with E-state index in [1.165, 1.54) is 5.56 Å². The Morgan fingerprint density at radius 2 is 1.71 bits per heavy atom. The standard InChI is InChI=1S/C26H25N3O2/c1-18-13-14-20(15-19(18)2)25-23(17-29(28-25)22-10-5-4-6-11-22)26(30)27-16-21-9-7-8-12-24(21)31-3/h4-15,17H,16H2,1-3H3,(H,27,30). The maximum atomic E-state index is 13.2. The fourth-order valence-corrected chi connectivity index (χ4v) is 3.47. The fourth-order valence-electron chi connectivity index (χ4n) is 3.47.